The lowest BCUT2D eigenvalue weighted by molar-refractivity contribution is 0.0514. The molecule has 2 aromatic carbocycles. The summed E-state index contributed by atoms with van der Waals surface area (Å²) in [6.07, 6.45) is 0. The van der Waals surface area contributed by atoms with Crippen LogP contribution in [0.1, 0.15) is 34.5 Å². The van der Waals surface area contributed by atoms with Crippen molar-refractivity contribution in [3.05, 3.63) is 87.8 Å². The Labute approximate surface area is 175 Å². The number of nitrogens with zero attached hydrogens (tertiary/aromatic N) is 2. The van der Waals surface area contributed by atoms with E-state index >= 15 is 0 Å². The number of methoxy groups -OCH3 is 1. The summed E-state index contributed by atoms with van der Waals surface area (Å²) in [5.74, 6) is -0.542. The van der Waals surface area contributed by atoms with Crippen molar-refractivity contribution in [1.82, 2.24) is 9.55 Å². The molecule has 0 atom stereocenters. The fourth-order valence-electron chi connectivity index (χ4n) is 3.25. The van der Waals surface area contributed by atoms with Crippen LogP contribution in [0.25, 0.3) is 0 Å². The second-order valence-electron chi connectivity index (χ2n) is 6.66. The van der Waals surface area contributed by atoms with E-state index in [0.29, 0.717) is 6.54 Å². The Hall–Kier alpha value is -3.61. The zero-order chi connectivity index (χ0) is 21.5. The van der Waals surface area contributed by atoms with Crippen molar-refractivity contribution in [3.63, 3.8) is 0 Å². The average molecular weight is 407 g/mol. The van der Waals surface area contributed by atoms with Gasteiger partial charge >= 0.3 is 5.97 Å². The average Bonchev–Trinajstić information content (AvgIpc) is 2.78. The standard InChI is InChI=1S/C23H25N3O4/c1-4-30-22(28)19-20(29-3)21(27)26(2)23(25-19)24-15-18(16-11-7-5-8-12-16)17-13-9-6-10-14-17/h5-14,18H,4,15H2,1-3H3,(H,24,25). The normalized spacial score (nSPS) is 10.7. The molecular formula is C23H25N3O4. The summed E-state index contributed by atoms with van der Waals surface area (Å²) >= 11 is 0. The molecular weight excluding hydrogens is 382 g/mol. The summed E-state index contributed by atoms with van der Waals surface area (Å²) < 4.78 is 11.5. The molecule has 30 heavy (non-hydrogen) atoms. The van der Waals surface area contributed by atoms with Gasteiger partial charge in [0, 0.05) is 19.5 Å². The van der Waals surface area contributed by atoms with Crippen LogP contribution in [-0.2, 0) is 11.8 Å². The molecule has 0 amide bonds. The number of carbonyl (C=O) groups excluding carboxylic acids is 1. The number of nitrogens with one attached hydrogen (secondary N) is 1. The number of aromatic nitrogens is 2. The molecule has 156 valence electrons. The molecule has 1 aromatic heterocycles. The maximum absolute atomic E-state index is 12.7. The van der Waals surface area contributed by atoms with Gasteiger partial charge in [0.05, 0.1) is 13.7 Å². The van der Waals surface area contributed by atoms with Gasteiger partial charge in [0.25, 0.3) is 5.56 Å². The maximum Gasteiger partial charge on any atom is 0.361 e. The van der Waals surface area contributed by atoms with Crippen molar-refractivity contribution in [1.29, 1.82) is 0 Å². The Morgan fingerprint density at radius 1 is 1.07 bits per heavy atom. The highest BCUT2D eigenvalue weighted by Gasteiger charge is 2.23. The Kier molecular flexibility index (Phi) is 6.85. The van der Waals surface area contributed by atoms with Crippen molar-refractivity contribution in [2.45, 2.75) is 12.8 Å². The minimum atomic E-state index is -0.697. The van der Waals surface area contributed by atoms with E-state index in [1.165, 1.54) is 11.7 Å². The van der Waals surface area contributed by atoms with Gasteiger partial charge in [-0.1, -0.05) is 60.7 Å². The molecule has 1 N–H and O–H groups in total. The first-order valence-electron chi connectivity index (χ1n) is 9.72. The van der Waals surface area contributed by atoms with Gasteiger partial charge in [-0.05, 0) is 18.1 Å². The van der Waals surface area contributed by atoms with Crippen LogP contribution in [0, 0.1) is 0 Å². The molecule has 0 aliphatic heterocycles. The van der Waals surface area contributed by atoms with Crippen LogP contribution in [0.5, 0.6) is 5.75 Å². The first-order valence-corrected chi connectivity index (χ1v) is 9.72. The molecule has 7 heteroatoms. The highest BCUT2D eigenvalue weighted by atomic mass is 16.5. The smallest absolute Gasteiger partial charge is 0.361 e. The van der Waals surface area contributed by atoms with Crippen LogP contribution in [0.15, 0.2) is 65.5 Å². The first kappa shape index (κ1) is 21.1. The lowest BCUT2D eigenvalue weighted by Crippen LogP contribution is -2.28. The molecule has 0 aliphatic rings. The SMILES string of the molecule is CCOC(=O)c1nc(NCC(c2ccccc2)c2ccccc2)n(C)c(=O)c1OC. The van der Waals surface area contributed by atoms with Gasteiger partial charge in [0.1, 0.15) is 0 Å². The van der Waals surface area contributed by atoms with Crippen LogP contribution in [-0.4, -0.2) is 35.8 Å². The second kappa shape index (κ2) is 9.73. The molecule has 3 aromatic rings. The van der Waals surface area contributed by atoms with Crippen LogP contribution in [0.3, 0.4) is 0 Å². The lowest BCUT2D eigenvalue weighted by Gasteiger charge is -2.20. The number of benzene rings is 2. The van der Waals surface area contributed by atoms with Crippen LogP contribution >= 0.6 is 0 Å². The van der Waals surface area contributed by atoms with Gasteiger partial charge in [-0.25, -0.2) is 9.78 Å². The van der Waals surface area contributed by atoms with Crippen molar-refractivity contribution in [2.24, 2.45) is 7.05 Å². The molecule has 0 saturated heterocycles. The Morgan fingerprint density at radius 3 is 2.13 bits per heavy atom. The third-order valence-corrected chi connectivity index (χ3v) is 4.79. The zero-order valence-corrected chi connectivity index (χ0v) is 17.3. The number of hydrogen-bond acceptors (Lipinski definition) is 6. The third-order valence-electron chi connectivity index (χ3n) is 4.79. The summed E-state index contributed by atoms with van der Waals surface area (Å²) in [4.78, 5) is 29.3. The van der Waals surface area contributed by atoms with E-state index in [1.54, 1.807) is 14.0 Å². The van der Waals surface area contributed by atoms with Gasteiger partial charge in [-0.2, -0.15) is 0 Å². The van der Waals surface area contributed by atoms with E-state index in [9.17, 15) is 9.59 Å². The Morgan fingerprint density at radius 2 is 1.63 bits per heavy atom. The van der Waals surface area contributed by atoms with Crippen molar-refractivity contribution in [3.8, 4) is 5.75 Å². The van der Waals surface area contributed by atoms with E-state index in [0.717, 1.165) is 11.1 Å². The van der Waals surface area contributed by atoms with E-state index in [-0.39, 0.29) is 29.9 Å². The van der Waals surface area contributed by atoms with Gasteiger partial charge in [-0.3, -0.25) is 9.36 Å². The fraction of sp³-hybridized carbons (Fsp3) is 0.261. The van der Waals surface area contributed by atoms with E-state index < -0.39 is 11.5 Å². The molecule has 0 unspecified atom stereocenters. The number of esters is 1. The minimum absolute atomic E-state index is 0.0254. The molecule has 0 bridgehead atoms. The number of hydrogen-bond donors (Lipinski definition) is 1. The zero-order valence-electron chi connectivity index (χ0n) is 17.3. The molecule has 0 spiro atoms. The quantitative estimate of drug-likeness (QED) is 0.578. The molecule has 0 aliphatic carbocycles. The van der Waals surface area contributed by atoms with E-state index in [4.69, 9.17) is 9.47 Å². The second-order valence-corrected chi connectivity index (χ2v) is 6.66. The Bertz CT molecular complexity index is 1010. The minimum Gasteiger partial charge on any atom is -0.489 e. The predicted molar refractivity (Wildman–Crippen MR) is 115 cm³/mol. The van der Waals surface area contributed by atoms with E-state index in [1.807, 2.05) is 36.4 Å². The number of ether oxygens (including phenoxy) is 2. The topological polar surface area (TPSA) is 82.5 Å². The van der Waals surface area contributed by atoms with Gasteiger partial charge < -0.3 is 14.8 Å². The van der Waals surface area contributed by atoms with Crippen LogP contribution in [0.4, 0.5) is 5.95 Å². The van der Waals surface area contributed by atoms with Crippen LogP contribution in [0.2, 0.25) is 0 Å². The molecule has 0 saturated carbocycles. The van der Waals surface area contributed by atoms with Crippen molar-refractivity contribution >= 4 is 11.9 Å². The summed E-state index contributed by atoms with van der Waals surface area (Å²) in [6.45, 7) is 2.34. The molecule has 0 radical (unpaired) electrons. The van der Waals surface area contributed by atoms with Gasteiger partial charge in [0.15, 0.2) is 5.69 Å². The number of rotatable bonds is 8. The summed E-state index contributed by atoms with van der Waals surface area (Å²) in [5.41, 5.74) is 1.65. The lowest BCUT2D eigenvalue weighted by atomic mass is 9.91. The first-order chi connectivity index (χ1) is 14.6. The van der Waals surface area contributed by atoms with Crippen molar-refractivity contribution < 1.29 is 14.3 Å². The summed E-state index contributed by atoms with van der Waals surface area (Å²) in [5, 5.41) is 3.23. The molecule has 3 rings (SSSR count). The molecule has 1 heterocycles. The summed E-state index contributed by atoms with van der Waals surface area (Å²) in [6, 6.07) is 20.1. The van der Waals surface area contributed by atoms with Gasteiger partial charge in [-0.15, -0.1) is 0 Å². The number of anilines is 1. The maximum atomic E-state index is 12.7. The monoisotopic (exact) mass is 407 g/mol. The summed E-state index contributed by atoms with van der Waals surface area (Å²) in [7, 11) is 2.91. The predicted octanol–water partition coefficient (Wildman–Crippen LogP) is 3.21. The van der Waals surface area contributed by atoms with Crippen LogP contribution < -0.4 is 15.6 Å². The van der Waals surface area contributed by atoms with Crippen molar-refractivity contribution in [2.75, 3.05) is 25.6 Å². The van der Waals surface area contributed by atoms with E-state index in [2.05, 4.69) is 34.6 Å². The molecule has 7 nitrogen and oxygen atoms in total. The van der Waals surface area contributed by atoms with Gasteiger partial charge in [0.2, 0.25) is 11.7 Å². The third kappa shape index (κ3) is 4.51. The molecule has 0 fully saturated rings. The largest absolute Gasteiger partial charge is 0.489 e. The highest BCUT2D eigenvalue weighted by molar-refractivity contribution is 5.90. The fourth-order valence-corrected chi connectivity index (χ4v) is 3.25. The Balaban J connectivity index is 1.96. The highest BCUT2D eigenvalue weighted by Crippen LogP contribution is 2.25. The number of carbonyl (C=O) groups is 1.